The van der Waals surface area contributed by atoms with Gasteiger partial charge in [0.1, 0.15) is 12.4 Å². The number of hydrogen-bond donors (Lipinski definition) is 2. The number of nitrogens with one attached hydrogen (secondary N) is 2. The van der Waals surface area contributed by atoms with Gasteiger partial charge in [-0.25, -0.2) is 8.78 Å². The molecule has 3 aromatic rings. The molecule has 3 rings (SSSR count). The molecule has 0 aliphatic rings. The number of aromatic nitrogens is 3. The van der Waals surface area contributed by atoms with Crippen molar-refractivity contribution >= 4 is 5.91 Å². The highest BCUT2D eigenvalue weighted by Gasteiger charge is 2.14. The maximum atomic E-state index is 13.5. The fourth-order valence-corrected chi connectivity index (χ4v) is 2.06. The average Bonchev–Trinajstić information content (AvgIpc) is 3.21. The van der Waals surface area contributed by atoms with Crippen LogP contribution in [-0.2, 0) is 13.2 Å². The van der Waals surface area contributed by atoms with Crippen LogP contribution >= 0.6 is 0 Å². The molecule has 2 aromatic heterocycles. The first-order chi connectivity index (χ1) is 12.0. The van der Waals surface area contributed by atoms with Crippen LogP contribution in [-0.4, -0.2) is 21.3 Å². The highest BCUT2D eigenvalue weighted by molar-refractivity contribution is 5.92. The Morgan fingerprint density at radius 3 is 2.88 bits per heavy atom. The van der Waals surface area contributed by atoms with Crippen molar-refractivity contribution in [3.05, 3.63) is 64.8 Å². The largest absolute Gasteiger partial charge is 0.482 e. The molecule has 1 aromatic carbocycles. The van der Waals surface area contributed by atoms with Crippen molar-refractivity contribution in [3.63, 3.8) is 0 Å². The first-order valence-corrected chi connectivity index (χ1v) is 7.34. The molecule has 0 radical (unpaired) electrons. The molecule has 0 bridgehead atoms. The molecule has 0 fully saturated rings. The number of benzene rings is 1. The van der Waals surface area contributed by atoms with Gasteiger partial charge in [0.15, 0.2) is 23.0 Å². The molecule has 0 aliphatic carbocycles. The third-order valence-electron chi connectivity index (χ3n) is 3.24. The van der Waals surface area contributed by atoms with E-state index in [9.17, 15) is 13.6 Å². The summed E-state index contributed by atoms with van der Waals surface area (Å²) in [6.07, 6.45) is 0. The smallest absolute Gasteiger partial charge is 0.273 e. The van der Waals surface area contributed by atoms with Crippen LogP contribution in [0.15, 0.2) is 34.9 Å². The van der Waals surface area contributed by atoms with Gasteiger partial charge in [0, 0.05) is 17.8 Å². The number of aryl methyl sites for hydroxylation is 1. The van der Waals surface area contributed by atoms with Crippen molar-refractivity contribution in [1.82, 2.24) is 20.7 Å². The molecule has 0 aliphatic heterocycles. The summed E-state index contributed by atoms with van der Waals surface area (Å²) in [5.74, 6) is -1.87. The SMILES string of the molecule is Cc1cc(CNC(=O)c2cc(COc3ccc(F)cc3F)on2)n[nH]1. The van der Waals surface area contributed by atoms with Crippen molar-refractivity contribution < 1.29 is 22.8 Å². The Kier molecular flexibility index (Phi) is 4.73. The maximum Gasteiger partial charge on any atom is 0.273 e. The minimum Gasteiger partial charge on any atom is -0.482 e. The number of nitrogens with zero attached hydrogens (tertiary/aromatic N) is 2. The van der Waals surface area contributed by atoms with Gasteiger partial charge in [-0.2, -0.15) is 5.10 Å². The number of halogens is 2. The minimum absolute atomic E-state index is 0.0606. The molecular formula is C16H14F2N4O3. The van der Waals surface area contributed by atoms with Gasteiger partial charge in [-0.05, 0) is 25.1 Å². The second kappa shape index (κ2) is 7.12. The van der Waals surface area contributed by atoms with Crippen LogP contribution in [0.4, 0.5) is 8.78 Å². The number of ether oxygens (including phenoxy) is 1. The topological polar surface area (TPSA) is 93.0 Å². The van der Waals surface area contributed by atoms with E-state index in [0.717, 1.165) is 11.8 Å². The summed E-state index contributed by atoms with van der Waals surface area (Å²) in [4.78, 5) is 12.0. The third kappa shape index (κ3) is 4.19. The lowest BCUT2D eigenvalue weighted by molar-refractivity contribution is 0.0941. The minimum atomic E-state index is -0.827. The van der Waals surface area contributed by atoms with E-state index in [0.29, 0.717) is 11.8 Å². The number of aromatic amines is 1. The van der Waals surface area contributed by atoms with Crippen LogP contribution in [0.1, 0.15) is 27.6 Å². The summed E-state index contributed by atoms with van der Waals surface area (Å²) >= 11 is 0. The van der Waals surface area contributed by atoms with E-state index in [-0.39, 0.29) is 30.4 Å². The fourth-order valence-electron chi connectivity index (χ4n) is 2.06. The number of hydrogen-bond acceptors (Lipinski definition) is 5. The van der Waals surface area contributed by atoms with Gasteiger partial charge in [-0.3, -0.25) is 9.89 Å². The molecular weight excluding hydrogens is 334 g/mol. The van der Waals surface area contributed by atoms with E-state index < -0.39 is 17.5 Å². The molecule has 7 nitrogen and oxygen atoms in total. The van der Waals surface area contributed by atoms with Crippen molar-refractivity contribution in [2.75, 3.05) is 0 Å². The maximum absolute atomic E-state index is 13.5. The summed E-state index contributed by atoms with van der Waals surface area (Å²) in [6.45, 7) is 1.94. The summed E-state index contributed by atoms with van der Waals surface area (Å²) in [5.41, 5.74) is 1.63. The van der Waals surface area contributed by atoms with Gasteiger partial charge in [0.05, 0.1) is 12.2 Å². The van der Waals surface area contributed by atoms with Crippen molar-refractivity contribution in [2.45, 2.75) is 20.1 Å². The standard InChI is InChI=1S/C16H14F2N4O3/c1-9-4-11(21-20-9)7-19-16(23)14-6-12(25-22-14)8-24-15-3-2-10(17)5-13(15)18/h2-6H,7-8H2,1H3,(H,19,23)(H,20,21). The second-order valence-electron chi connectivity index (χ2n) is 5.27. The third-order valence-corrected chi connectivity index (χ3v) is 3.24. The Labute approximate surface area is 141 Å². The molecule has 0 saturated heterocycles. The van der Waals surface area contributed by atoms with Crippen LogP contribution in [0.2, 0.25) is 0 Å². The lowest BCUT2D eigenvalue weighted by Gasteiger charge is -2.04. The summed E-state index contributed by atoms with van der Waals surface area (Å²) in [6, 6.07) is 6.15. The van der Waals surface area contributed by atoms with Crippen molar-refractivity contribution in [3.8, 4) is 5.75 Å². The van der Waals surface area contributed by atoms with Gasteiger partial charge in [0.25, 0.3) is 5.91 Å². The second-order valence-corrected chi connectivity index (χ2v) is 5.27. The Balaban J connectivity index is 1.55. The van der Waals surface area contributed by atoms with Crippen LogP contribution in [0.3, 0.4) is 0 Å². The number of carbonyl (C=O) groups excluding carboxylic acids is 1. The normalized spacial score (nSPS) is 10.7. The summed E-state index contributed by atoms with van der Waals surface area (Å²) in [5, 5.41) is 13.0. The van der Waals surface area contributed by atoms with E-state index in [1.165, 1.54) is 12.1 Å². The van der Waals surface area contributed by atoms with E-state index in [2.05, 4.69) is 20.7 Å². The molecule has 2 N–H and O–H groups in total. The van der Waals surface area contributed by atoms with E-state index in [1.54, 1.807) is 6.07 Å². The van der Waals surface area contributed by atoms with Gasteiger partial charge in [-0.1, -0.05) is 5.16 Å². The number of amides is 1. The lowest BCUT2D eigenvalue weighted by atomic mass is 10.3. The van der Waals surface area contributed by atoms with Crippen LogP contribution in [0.5, 0.6) is 5.75 Å². The Morgan fingerprint density at radius 2 is 2.16 bits per heavy atom. The zero-order valence-corrected chi connectivity index (χ0v) is 13.2. The number of carbonyl (C=O) groups is 1. The van der Waals surface area contributed by atoms with Crippen molar-refractivity contribution in [1.29, 1.82) is 0 Å². The quantitative estimate of drug-likeness (QED) is 0.714. The molecule has 130 valence electrons. The molecule has 25 heavy (non-hydrogen) atoms. The van der Waals surface area contributed by atoms with E-state index >= 15 is 0 Å². The fraction of sp³-hybridized carbons (Fsp3) is 0.188. The highest BCUT2D eigenvalue weighted by atomic mass is 19.1. The molecule has 9 heteroatoms. The first-order valence-electron chi connectivity index (χ1n) is 7.34. The first kappa shape index (κ1) is 16.6. The average molecular weight is 348 g/mol. The zero-order valence-electron chi connectivity index (χ0n) is 13.2. The number of rotatable bonds is 6. The van der Waals surface area contributed by atoms with Crippen molar-refractivity contribution in [2.24, 2.45) is 0 Å². The highest BCUT2D eigenvalue weighted by Crippen LogP contribution is 2.19. The Bertz CT molecular complexity index is 891. The zero-order chi connectivity index (χ0) is 17.8. The van der Waals surface area contributed by atoms with Crippen LogP contribution < -0.4 is 10.1 Å². The van der Waals surface area contributed by atoms with Crippen LogP contribution in [0.25, 0.3) is 0 Å². The summed E-state index contributed by atoms with van der Waals surface area (Å²) < 4.78 is 36.4. The van der Waals surface area contributed by atoms with Crippen LogP contribution in [0, 0.1) is 18.6 Å². The summed E-state index contributed by atoms with van der Waals surface area (Å²) in [7, 11) is 0. The monoisotopic (exact) mass is 348 g/mol. The van der Waals surface area contributed by atoms with Gasteiger partial charge < -0.3 is 14.6 Å². The van der Waals surface area contributed by atoms with E-state index in [4.69, 9.17) is 9.26 Å². The Hall–Kier alpha value is -3.23. The molecule has 0 saturated carbocycles. The molecule has 0 spiro atoms. The van der Waals surface area contributed by atoms with Gasteiger partial charge in [-0.15, -0.1) is 0 Å². The predicted molar refractivity (Wildman–Crippen MR) is 81.7 cm³/mol. The Morgan fingerprint density at radius 1 is 1.32 bits per heavy atom. The van der Waals surface area contributed by atoms with E-state index in [1.807, 2.05) is 6.92 Å². The van der Waals surface area contributed by atoms with Gasteiger partial charge in [0.2, 0.25) is 0 Å². The lowest BCUT2D eigenvalue weighted by Crippen LogP contribution is -2.23. The van der Waals surface area contributed by atoms with Gasteiger partial charge >= 0.3 is 0 Å². The molecule has 1 amide bonds. The predicted octanol–water partition coefficient (Wildman–Crippen LogP) is 2.49. The molecule has 2 heterocycles. The molecule has 0 atom stereocenters. The molecule has 0 unspecified atom stereocenters. The number of H-pyrrole nitrogens is 1.